The van der Waals surface area contributed by atoms with Crippen molar-refractivity contribution in [2.45, 2.75) is 55.4 Å². The van der Waals surface area contributed by atoms with Gasteiger partial charge in [-0.05, 0) is 0 Å². The molecular formula is C8H24O8P2-6. The predicted octanol–water partition coefficient (Wildman–Crippen LogP) is -1.54. The lowest BCUT2D eigenvalue weighted by Crippen LogP contribution is -2.24. The van der Waals surface area contributed by atoms with Gasteiger partial charge >= 0.3 is 0 Å². The summed E-state index contributed by atoms with van der Waals surface area (Å²) in [6.45, 7) is 16.0. The highest BCUT2D eigenvalue weighted by molar-refractivity contribution is 7.40. The molecule has 0 aromatic heterocycles. The summed E-state index contributed by atoms with van der Waals surface area (Å²) in [5, 5.41) is 0. The Balaban J connectivity index is -0.0000000260. The average molecular weight is 310 g/mol. The second-order valence-corrected chi connectivity index (χ2v) is 2.68. The molecule has 0 amide bonds. The third-order valence-corrected chi connectivity index (χ3v) is 0. The molecule has 0 bridgehead atoms. The number of phosphoric acid groups is 2. The fourth-order valence-electron chi connectivity index (χ4n) is 0. The lowest BCUT2D eigenvalue weighted by molar-refractivity contribution is -0.434. The van der Waals surface area contributed by atoms with Gasteiger partial charge in [-0.25, -0.2) is 0 Å². The third kappa shape index (κ3) is 77600. The monoisotopic (exact) mass is 310 g/mol. The largest absolute Gasteiger partial charge is 0.822 e. The van der Waals surface area contributed by atoms with E-state index in [-0.39, 0.29) is 0 Å². The highest BCUT2D eigenvalue weighted by Crippen LogP contribution is 2.03. The number of rotatable bonds is 0. The van der Waals surface area contributed by atoms with Gasteiger partial charge < -0.3 is 38.5 Å². The molecule has 0 saturated heterocycles. The van der Waals surface area contributed by atoms with E-state index in [0.717, 1.165) is 0 Å². The van der Waals surface area contributed by atoms with Crippen molar-refractivity contribution in [2.75, 3.05) is 0 Å². The molecule has 0 fully saturated rings. The molecule has 18 heavy (non-hydrogen) atoms. The minimum atomic E-state index is -5.39. The maximum atomic E-state index is 8.55. The van der Waals surface area contributed by atoms with Crippen LogP contribution in [0.3, 0.4) is 0 Å². The van der Waals surface area contributed by atoms with E-state index in [0.29, 0.717) is 0 Å². The van der Waals surface area contributed by atoms with Gasteiger partial charge in [0.1, 0.15) is 0 Å². The summed E-state index contributed by atoms with van der Waals surface area (Å²) in [5.41, 5.74) is 0. The molecule has 120 valence electrons. The molecule has 0 aliphatic rings. The van der Waals surface area contributed by atoms with E-state index in [9.17, 15) is 0 Å². The summed E-state index contributed by atoms with van der Waals surface area (Å²) in [5.74, 6) is 0. The van der Waals surface area contributed by atoms with Crippen LogP contribution in [0, 0.1) is 0 Å². The summed E-state index contributed by atoms with van der Waals surface area (Å²) < 4.78 is 17.1. The van der Waals surface area contributed by atoms with Crippen molar-refractivity contribution >= 4 is 15.6 Å². The smallest absolute Gasteiger partial charge is 0.0683 e. The molecule has 0 N–H and O–H groups in total. The fraction of sp³-hybridized carbons (Fsp3) is 1.00. The zero-order valence-corrected chi connectivity index (χ0v) is 13.9. The standard InChI is InChI=1S/4C2H6.2H3O4P/c4*1-2;2*1-5(2,3)4/h4*1-2H3;2*(H3,1,2,3,4)/p-6. The van der Waals surface area contributed by atoms with E-state index in [2.05, 4.69) is 0 Å². The van der Waals surface area contributed by atoms with Gasteiger partial charge in [-0.15, -0.1) is 0 Å². The molecular weight excluding hydrogens is 286 g/mol. The highest BCUT2D eigenvalue weighted by Gasteiger charge is 1.45. The van der Waals surface area contributed by atoms with E-state index in [1.807, 2.05) is 55.4 Å². The van der Waals surface area contributed by atoms with Crippen molar-refractivity contribution in [1.29, 1.82) is 0 Å². The Labute approximate surface area is 110 Å². The van der Waals surface area contributed by atoms with Crippen LogP contribution < -0.4 is 29.4 Å². The molecule has 0 spiro atoms. The summed E-state index contributed by atoms with van der Waals surface area (Å²) in [7, 11) is -10.8. The first kappa shape index (κ1) is 36.2. The molecule has 0 radical (unpaired) electrons. The van der Waals surface area contributed by atoms with E-state index >= 15 is 0 Å². The molecule has 0 saturated carbocycles. The minimum Gasteiger partial charge on any atom is -0.822 e. The second kappa shape index (κ2) is 30.3. The van der Waals surface area contributed by atoms with Crippen molar-refractivity contribution in [3.05, 3.63) is 0 Å². The van der Waals surface area contributed by atoms with Crippen molar-refractivity contribution in [1.82, 2.24) is 0 Å². The topological polar surface area (TPSA) is 172 Å². The van der Waals surface area contributed by atoms with Gasteiger partial charge in [0.2, 0.25) is 0 Å². The quantitative estimate of drug-likeness (QED) is 0.483. The Morgan fingerprint density at radius 2 is 0.444 bits per heavy atom. The summed E-state index contributed by atoms with van der Waals surface area (Å²) in [6, 6.07) is 0. The van der Waals surface area contributed by atoms with Gasteiger partial charge in [-0.1, -0.05) is 55.4 Å². The van der Waals surface area contributed by atoms with Crippen LogP contribution in [0.15, 0.2) is 0 Å². The Bertz CT molecular complexity index is 137. The van der Waals surface area contributed by atoms with Crippen LogP contribution in [0.1, 0.15) is 55.4 Å². The first-order chi connectivity index (χ1) is 8.00. The molecule has 0 rings (SSSR count). The molecule has 0 atom stereocenters. The first-order valence-electron chi connectivity index (χ1n) is 5.46. The third-order valence-electron chi connectivity index (χ3n) is 0. The molecule has 0 heterocycles. The molecule has 0 unspecified atom stereocenters. The maximum Gasteiger partial charge on any atom is -0.0683 e. The number of hydrogen-bond donors (Lipinski definition) is 0. The lowest BCUT2D eigenvalue weighted by atomic mass is 11.0. The fourth-order valence-corrected chi connectivity index (χ4v) is 0. The molecule has 0 aromatic rings. The van der Waals surface area contributed by atoms with Crippen LogP contribution in [-0.4, -0.2) is 0 Å². The van der Waals surface area contributed by atoms with Crippen LogP contribution >= 0.6 is 15.6 Å². The van der Waals surface area contributed by atoms with Crippen LogP contribution in [0.4, 0.5) is 0 Å². The van der Waals surface area contributed by atoms with Crippen molar-refractivity contribution in [3.63, 3.8) is 0 Å². The van der Waals surface area contributed by atoms with Gasteiger partial charge in [0.05, 0.1) is 0 Å². The normalized spacial score (nSPS) is 7.89. The van der Waals surface area contributed by atoms with Gasteiger partial charge in [0, 0.05) is 0 Å². The van der Waals surface area contributed by atoms with E-state index in [1.54, 1.807) is 0 Å². The summed E-state index contributed by atoms with van der Waals surface area (Å²) in [4.78, 5) is 51.3. The molecule has 10 heteroatoms. The Morgan fingerprint density at radius 3 is 0.444 bits per heavy atom. The Kier molecular flexibility index (Phi) is 61.0. The SMILES string of the molecule is CC.CC.CC.CC.O=P([O-])([O-])[O-].O=P([O-])([O-])[O-]. The second-order valence-electron chi connectivity index (χ2n) is 0.894. The number of hydrogen-bond acceptors (Lipinski definition) is 8. The van der Waals surface area contributed by atoms with Crippen LogP contribution in [0.2, 0.25) is 0 Å². The maximum absolute atomic E-state index is 8.55. The van der Waals surface area contributed by atoms with Crippen molar-refractivity contribution in [3.8, 4) is 0 Å². The zero-order valence-electron chi connectivity index (χ0n) is 12.2. The van der Waals surface area contributed by atoms with Gasteiger partial charge in [0.15, 0.2) is 0 Å². The Hall–Kier alpha value is 0.220. The van der Waals surface area contributed by atoms with Gasteiger partial charge in [-0.3, -0.25) is 0 Å². The zero-order chi connectivity index (χ0) is 17.0. The van der Waals surface area contributed by atoms with Crippen molar-refractivity contribution in [2.24, 2.45) is 0 Å². The van der Waals surface area contributed by atoms with E-state index < -0.39 is 15.6 Å². The van der Waals surface area contributed by atoms with E-state index in [1.165, 1.54) is 0 Å². The van der Waals surface area contributed by atoms with Gasteiger partial charge in [0.25, 0.3) is 0 Å². The first-order valence-corrected chi connectivity index (χ1v) is 8.38. The van der Waals surface area contributed by atoms with Crippen molar-refractivity contribution < 1.29 is 38.5 Å². The average Bonchev–Trinajstić information content (AvgIpc) is 2.24. The highest BCUT2D eigenvalue weighted by atomic mass is 31.2. The van der Waals surface area contributed by atoms with Crippen LogP contribution in [0.25, 0.3) is 0 Å². The Morgan fingerprint density at radius 1 is 0.444 bits per heavy atom. The molecule has 0 aliphatic heterocycles. The summed E-state index contributed by atoms with van der Waals surface area (Å²) >= 11 is 0. The minimum absolute atomic E-state index is 2.00. The summed E-state index contributed by atoms with van der Waals surface area (Å²) in [6.07, 6.45) is 0. The lowest BCUT2D eigenvalue weighted by Gasteiger charge is -2.36. The molecule has 0 aliphatic carbocycles. The van der Waals surface area contributed by atoms with Crippen LogP contribution in [-0.2, 0) is 9.13 Å². The van der Waals surface area contributed by atoms with Gasteiger partial charge in [-0.2, -0.15) is 15.6 Å². The van der Waals surface area contributed by atoms with E-state index in [4.69, 9.17) is 38.5 Å². The van der Waals surface area contributed by atoms with Crippen LogP contribution in [0.5, 0.6) is 0 Å². The predicted molar refractivity (Wildman–Crippen MR) is 60.6 cm³/mol. The molecule has 8 nitrogen and oxygen atoms in total. The molecule has 0 aromatic carbocycles.